The fourth-order valence-corrected chi connectivity index (χ4v) is 10.1. The molecule has 3 fully saturated rings. The molecule has 4 N–H and O–H groups in total. The summed E-state index contributed by atoms with van der Waals surface area (Å²) in [6.07, 6.45) is 7.99. The van der Waals surface area contributed by atoms with Crippen molar-refractivity contribution in [1.82, 2.24) is 4.90 Å². The highest BCUT2D eigenvalue weighted by Gasteiger charge is 2.56. The summed E-state index contributed by atoms with van der Waals surface area (Å²) in [5.41, 5.74) is 2.49. The lowest BCUT2D eigenvalue weighted by Gasteiger charge is -2.47. The van der Waals surface area contributed by atoms with E-state index in [-0.39, 0.29) is 55.1 Å². The second kappa shape index (κ2) is 22.9. The average Bonchev–Trinajstić information content (AvgIpc) is 3.27. The first kappa shape index (κ1) is 50.9. The number of carboxylic acids is 1. The van der Waals surface area contributed by atoms with Crippen LogP contribution in [0.2, 0.25) is 0 Å². The molecule has 1 aromatic rings. The molecule has 0 aromatic heterocycles. The molecule has 0 radical (unpaired) electrons. The molecule has 1 saturated carbocycles. The van der Waals surface area contributed by atoms with Gasteiger partial charge in [0.05, 0.1) is 30.0 Å². The zero-order valence-electron chi connectivity index (χ0n) is 38.6. The van der Waals surface area contributed by atoms with Gasteiger partial charge in [0.2, 0.25) is 5.79 Å². The molecule has 1 amide bonds. The number of aromatic carboxylic acids is 1. The number of carbonyl (C=O) groups excluding carboxylic acids is 4. The molecule has 5 rings (SSSR count). The van der Waals surface area contributed by atoms with Crippen LogP contribution in [0, 0.1) is 29.6 Å². The number of allylic oxidation sites excluding steroid dienone is 4. The number of rotatable bonds is 8. The molecule has 14 heteroatoms. The number of benzene rings is 1. The molecular weight excluding hydrogens is 823 g/mol. The Balaban J connectivity index is 1.54. The molecule has 0 unspecified atom stereocenters. The Labute approximate surface area is 378 Å². The lowest BCUT2D eigenvalue weighted by molar-refractivity contribution is -0.302. The van der Waals surface area contributed by atoms with E-state index in [1.54, 1.807) is 26.0 Å². The summed E-state index contributed by atoms with van der Waals surface area (Å²) in [5, 5.41) is 43.5. The van der Waals surface area contributed by atoms with Crippen molar-refractivity contribution in [2.75, 3.05) is 20.8 Å². The summed E-state index contributed by atoms with van der Waals surface area (Å²) in [6.45, 7) is 9.20. The number of aliphatic hydroxyl groups excluding tert-OH is 2. The number of hydrogen-bond donors (Lipinski definition) is 4. The van der Waals surface area contributed by atoms with Gasteiger partial charge in [0.15, 0.2) is 0 Å². The van der Waals surface area contributed by atoms with E-state index in [1.807, 2.05) is 45.1 Å². The van der Waals surface area contributed by atoms with Gasteiger partial charge >= 0.3 is 11.9 Å². The number of methoxy groups -OCH3 is 2. The standard InChI is InChI=1S/C50H71NO13/c1-29-23-30(2)25-42(61-6)45-43(62-7)27-32(4)50(60,64-45)46(55)47(56)51-22-9-8-13-39(51)49(59)63-44(31(3)26-35-16-20-38(52)21-17-35)33(5)40(53)28-41(54)37(24-29)12-10-11-34-14-18-36(19-15-34)48(57)58/h10-11,14-15,18-19,24,26,30,32-33,35,37-40,42-45,52-53,60H,8-9,12-13,16-17,20-23,25,27-28H2,1-7H3,(H,57,58)/b11-10+,29-24+,31-26+/t30-,32+,33+,35-,37+,38-,39-,40-,42-,43-,44+,45+,50+/m0/s1. The highest BCUT2D eigenvalue weighted by molar-refractivity contribution is 6.39. The summed E-state index contributed by atoms with van der Waals surface area (Å²) >= 11 is 0. The van der Waals surface area contributed by atoms with Crippen molar-refractivity contribution in [1.29, 1.82) is 0 Å². The van der Waals surface area contributed by atoms with Gasteiger partial charge in [-0.15, -0.1) is 0 Å². The van der Waals surface area contributed by atoms with Crippen molar-refractivity contribution in [2.45, 2.75) is 160 Å². The van der Waals surface area contributed by atoms with Gasteiger partial charge in [0, 0.05) is 44.9 Å². The Kier molecular flexibility index (Phi) is 18.2. The van der Waals surface area contributed by atoms with Gasteiger partial charge in [-0.1, -0.05) is 62.8 Å². The number of amides is 1. The molecule has 2 saturated heterocycles. The third-order valence-electron chi connectivity index (χ3n) is 14.0. The minimum absolute atomic E-state index is 0.0499. The second-order valence-electron chi connectivity index (χ2n) is 19.0. The van der Waals surface area contributed by atoms with Crippen LogP contribution in [0.4, 0.5) is 0 Å². The molecular formula is C50H71NO13. The Bertz CT molecular complexity index is 1880. The predicted molar refractivity (Wildman–Crippen MR) is 239 cm³/mol. The number of hydrogen-bond acceptors (Lipinski definition) is 12. The maximum Gasteiger partial charge on any atom is 0.335 e. The van der Waals surface area contributed by atoms with Crippen LogP contribution in [0.5, 0.6) is 0 Å². The second-order valence-corrected chi connectivity index (χ2v) is 19.0. The summed E-state index contributed by atoms with van der Waals surface area (Å²) in [5.74, 6) is -9.02. The number of carbonyl (C=O) groups is 5. The molecule has 4 aliphatic rings. The lowest BCUT2D eigenvalue weighted by atomic mass is 9.82. The minimum Gasteiger partial charge on any atom is -0.478 e. The molecule has 14 nitrogen and oxygen atoms in total. The van der Waals surface area contributed by atoms with E-state index >= 15 is 0 Å². The maximum absolute atomic E-state index is 14.4. The van der Waals surface area contributed by atoms with Gasteiger partial charge in [0.1, 0.15) is 24.0 Å². The first-order chi connectivity index (χ1) is 30.4. The van der Waals surface area contributed by atoms with Crippen molar-refractivity contribution in [3.63, 3.8) is 0 Å². The maximum atomic E-state index is 14.4. The lowest BCUT2D eigenvalue weighted by Crippen LogP contribution is -2.64. The number of nitrogens with zero attached hydrogens (tertiary/aromatic N) is 1. The van der Waals surface area contributed by atoms with Crippen LogP contribution >= 0.6 is 0 Å². The Morgan fingerprint density at radius 1 is 0.922 bits per heavy atom. The molecule has 3 heterocycles. The number of fused-ring (bicyclic) bond motifs is 3. The smallest absolute Gasteiger partial charge is 0.335 e. The van der Waals surface area contributed by atoms with Crippen LogP contribution in [0.15, 0.2) is 53.6 Å². The number of esters is 1. The molecule has 11 atom stereocenters. The van der Waals surface area contributed by atoms with Crippen molar-refractivity contribution in [2.24, 2.45) is 29.6 Å². The highest BCUT2D eigenvalue weighted by Crippen LogP contribution is 2.39. The van der Waals surface area contributed by atoms with Crippen molar-refractivity contribution < 1.29 is 63.3 Å². The zero-order chi connectivity index (χ0) is 46.9. The van der Waals surface area contributed by atoms with E-state index in [0.29, 0.717) is 50.5 Å². The SMILES string of the molecule is CO[C@H]1C[C@@H](C)C/C(C)=C/[C@@H](C/C=C/c2ccc(C(=O)O)cc2)C(=O)C[C@H](O)[C@@H](C)[C@@H](/C(C)=C/[C@H]2CC[C@H](O)CC2)OC(=O)[C@@H]2CCCCN2C(=O)C(=O)[C@]2(O)O[C@H]1[C@@H](OC)C[C@H]2C. The van der Waals surface area contributed by atoms with Gasteiger partial charge in [-0.05, 0) is 120 Å². The van der Waals surface area contributed by atoms with E-state index in [1.165, 1.54) is 31.3 Å². The third-order valence-corrected chi connectivity index (χ3v) is 14.0. The zero-order valence-corrected chi connectivity index (χ0v) is 38.6. The average molecular weight is 894 g/mol. The van der Waals surface area contributed by atoms with Crippen LogP contribution in [-0.4, -0.2) is 124 Å². The number of cyclic esters (lactones) is 1. The molecule has 64 heavy (non-hydrogen) atoms. The number of Topliss-reactive ketones (excluding diaryl/α,β-unsaturated/α-hetero) is 2. The fourth-order valence-electron chi connectivity index (χ4n) is 10.1. The van der Waals surface area contributed by atoms with Gasteiger partial charge in [0.25, 0.3) is 11.7 Å². The summed E-state index contributed by atoms with van der Waals surface area (Å²) in [4.78, 5) is 69.9. The molecule has 1 aromatic carbocycles. The quantitative estimate of drug-likeness (QED) is 0.130. The van der Waals surface area contributed by atoms with E-state index < -0.39 is 83.7 Å². The number of aliphatic hydroxyl groups is 3. The van der Waals surface area contributed by atoms with Crippen LogP contribution < -0.4 is 0 Å². The number of piperidine rings is 1. The third kappa shape index (κ3) is 12.6. The largest absolute Gasteiger partial charge is 0.478 e. The van der Waals surface area contributed by atoms with Crippen LogP contribution in [0.3, 0.4) is 0 Å². The summed E-state index contributed by atoms with van der Waals surface area (Å²) in [6, 6.07) is 5.24. The number of carboxylic acid groups (broad SMARTS) is 1. The predicted octanol–water partition coefficient (Wildman–Crippen LogP) is 6.24. The molecule has 3 aliphatic heterocycles. The number of ether oxygens (including phenoxy) is 4. The minimum atomic E-state index is -2.54. The number of ketones is 2. The van der Waals surface area contributed by atoms with Crippen molar-refractivity contribution in [3.05, 3.63) is 64.8 Å². The van der Waals surface area contributed by atoms with Gasteiger partial charge < -0.3 is 44.3 Å². The normalized spacial score (nSPS) is 36.7. The Morgan fingerprint density at radius 2 is 1.58 bits per heavy atom. The molecule has 354 valence electrons. The fraction of sp³-hybridized carbons (Fsp3) is 0.660. The van der Waals surface area contributed by atoms with E-state index in [4.69, 9.17) is 18.9 Å². The van der Waals surface area contributed by atoms with E-state index in [9.17, 15) is 44.4 Å². The van der Waals surface area contributed by atoms with Crippen molar-refractivity contribution >= 4 is 35.5 Å². The Morgan fingerprint density at radius 3 is 2.22 bits per heavy atom. The first-order valence-corrected chi connectivity index (χ1v) is 23.1. The monoisotopic (exact) mass is 893 g/mol. The van der Waals surface area contributed by atoms with Gasteiger partial charge in [-0.2, -0.15) is 0 Å². The van der Waals surface area contributed by atoms with Crippen LogP contribution in [0.1, 0.15) is 128 Å². The highest BCUT2D eigenvalue weighted by atomic mass is 16.7. The molecule has 0 spiro atoms. The van der Waals surface area contributed by atoms with Crippen LogP contribution in [-0.2, 0) is 38.1 Å². The van der Waals surface area contributed by atoms with E-state index in [0.717, 1.165) is 24.0 Å². The topological polar surface area (TPSA) is 206 Å². The molecule has 2 bridgehead atoms. The van der Waals surface area contributed by atoms with Crippen molar-refractivity contribution in [3.8, 4) is 0 Å². The Hall–Kier alpha value is -4.05. The van der Waals surface area contributed by atoms with Gasteiger partial charge in [-0.25, -0.2) is 9.59 Å². The van der Waals surface area contributed by atoms with Crippen LogP contribution in [0.25, 0.3) is 6.08 Å². The summed E-state index contributed by atoms with van der Waals surface area (Å²) < 4.78 is 24.4. The van der Waals surface area contributed by atoms with Gasteiger partial charge in [-0.3, -0.25) is 14.4 Å². The summed E-state index contributed by atoms with van der Waals surface area (Å²) in [7, 11) is 3.03. The first-order valence-electron chi connectivity index (χ1n) is 23.1. The molecule has 1 aliphatic carbocycles. The van der Waals surface area contributed by atoms with E-state index in [2.05, 4.69) is 0 Å².